The molecule has 3 unspecified atom stereocenters. The van der Waals surface area contributed by atoms with Gasteiger partial charge in [-0.3, -0.25) is 4.90 Å². The first-order valence-corrected chi connectivity index (χ1v) is 7.31. The number of fused-ring (bicyclic) bond motifs is 1. The molecule has 0 spiro atoms. The molecule has 1 saturated heterocycles. The minimum absolute atomic E-state index is 0.724. The second-order valence-corrected chi connectivity index (χ2v) is 6.04. The topological polar surface area (TPSA) is 15.3 Å². The van der Waals surface area contributed by atoms with Crippen molar-refractivity contribution in [1.29, 1.82) is 0 Å². The Labute approximate surface area is 106 Å². The second kappa shape index (κ2) is 6.01. The van der Waals surface area contributed by atoms with Gasteiger partial charge < -0.3 is 5.32 Å². The number of hydrogen-bond donors (Lipinski definition) is 1. The molecule has 0 aromatic rings. The monoisotopic (exact) mass is 236 g/mol. The molecule has 0 bridgehead atoms. The molecule has 17 heavy (non-hydrogen) atoms. The van der Waals surface area contributed by atoms with Crippen LogP contribution in [0.25, 0.3) is 0 Å². The van der Waals surface area contributed by atoms with Crippen molar-refractivity contribution >= 4 is 0 Å². The van der Waals surface area contributed by atoms with Gasteiger partial charge in [0.2, 0.25) is 0 Å². The molecule has 1 saturated carbocycles. The number of rotatable bonds is 5. The summed E-state index contributed by atoms with van der Waals surface area (Å²) in [4.78, 5) is 2.53. The third-order valence-electron chi connectivity index (χ3n) is 4.37. The molecule has 2 aliphatic rings. The summed E-state index contributed by atoms with van der Waals surface area (Å²) in [6.07, 6.45) is 7.16. The van der Waals surface area contributed by atoms with Gasteiger partial charge in [-0.25, -0.2) is 0 Å². The van der Waals surface area contributed by atoms with Crippen LogP contribution in [0.1, 0.15) is 46.0 Å². The molecular weight excluding hydrogens is 208 g/mol. The lowest BCUT2D eigenvalue weighted by atomic mass is 9.85. The highest BCUT2D eigenvalue weighted by Crippen LogP contribution is 2.33. The van der Waals surface area contributed by atoms with Gasteiger partial charge in [0, 0.05) is 25.2 Å². The zero-order valence-electron chi connectivity index (χ0n) is 11.5. The first-order chi connectivity index (χ1) is 8.19. The van der Waals surface area contributed by atoms with E-state index in [1.165, 1.54) is 44.2 Å². The molecule has 0 radical (unpaired) electrons. The molecule has 2 rings (SSSR count). The lowest BCUT2D eigenvalue weighted by molar-refractivity contribution is 0.277. The van der Waals surface area contributed by atoms with Crippen LogP contribution in [-0.4, -0.2) is 36.6 Å². The first-order valence-electron chi connectivity index (χ1n) is 7.31. The van der Waals surface area contributed by atoms with Crippen LogP contribution in [0.5, 0.6) is 0 Å². The summed E-state index contributed by atoms with van der Waals surface area (Å²) in [6.45, 7) is 11.8. The fourth-order valence-corrected chi connectivity index (χ4v) is 3.57. The van der Waals surface area contributed by atoms with Gasteiger partial charge in [0.05, 0.1) is 0 Å². The lowest BCUT2D eigenvalue weighted by Gasteiger charge is -2.25. The van der Waals surface area contributed by atoms with Gasteiger partial charge in [-0.15, -0.1) is 0 Å². The van der Waals surface area contributed by atoms with E-state index in [0.29, 0.717) is 0 Å². The van der Waals surface area contributed by atoms with Crippen molar-refractivity contribution in [3.8, 4) is 0 Å². The highest BCUT2D eigenvalue weighted by Gasteiger charge is 2.35. The van der Waals surface area contributed by atoms with Crippen LogP contribution < -0.4 is 5.32 Å². The predicted octanol–water partition coefficient (Wildman–Crippen LogP) is 2.81. The van der Waals surface area contributed by atoms with E-state index in [-0.39, 0.29) is 0 Å². The van der Waals surface area contributed by atoms with Crippen LogP contribution in [0.4, 0.5) is 0 Å². The van der Waals surface area contributed by atoms with E-state index in [2.05, 4.69) is 30.6 Å². The van der Waals surface area contributed by atoms with E-state index < -0.39 is 0 Å². The molecule has 2 nitrogen and oxygen atoms in total. The Morgan fingerprint density at radius 2 is 2.12 bits per heavy atom. The van der Waals surface area contributed by atoms with Crippen molar-refractivity contribution in [2.45, 2.75) is 58.0 Å². The molecule has 0 amide bonds. The third kappa shape index (κ3) is 3.56. The van der Waals surface area contributed by atoms with Crippen molar-refractivity contribution in [2.75, 3.05) is 19.6 Å². The third-order valence-corrected chi connectivity index (χ3v) is 4.37. The Kier molecular flexibility index (Phi) is 4.63. The maximum Gasteiger partial charge on any atom is 0.0201 e. The standard InChI is InChI=1S/C15H28N2/c1-4-17(10-12(2)3)11-14-9-13-7-5-6-8-15(13)16-14/h13-16H,2,4-11H2,1,3H3. The maximum atomic E-state index is 4.03. The summed E-state index contributed by atoms with van der Waals surface area (Å²) in [5, 5.41) is 3.86. The highest BCUT2D eigenvalue weighted by molar-refractivity contribution is 4.96. The molecule has 1 aliphatic carbocycles. The first kappa shape index (κ1) is 13.1. The van der Waals surface area contributed by atoms with Crippen LogP contribution in [0.2, 0.25) is 0 Å². The Morgan fingerprint density at radius 3 is 2.76 bits per heavy atom. The van der Waals surface area contributed by atoms with E-state index in [9.17, 15) is 0 Å². The van der Waals surface area contributed by atoms with Gasteiger partial charge >= 0.3 is 0 Å². The molecule has 98 valence electrons. The molecule has 3 atom stereocenters. The predicted molar refractivity (Wildman–Crippen MR) is 74.2 cm³/mol. The lowest BCUT2D eigenvalue weighted by Crippen LogP contribution is -2.41. The molecule has 0 aromatic heterocycles. The van der Waals surface area contributed by atoms with E-state index in [1.807, 2.05) is 0 Å². The van der Waals surface area contributed by atoms with E-state index in [1.54, 1.807) is 0 Å². The average Bonchev–Trinajstić information content (AvgIpc) is 2.69. The molecular formula is C15H28N2. The largest absolute Gasteiger partial charge is 0.310 e. The zero-order chi connectivity index (χ0) is 12.3. The number of nitrogens with zero attached hydrogens (tertiary/aromatic N) is 1. The minimum Gasteiger partial charge on any atom is -0.310 e. The van der Waals surface area contributed by atoms with Gasteiger partial charge in [-0.05, 0) is 38.6 Å². The van der Waals surface area contributed by atoms with Crippen LogP contribution in [0, 0.1) is 5.92 Å². The van der Waals surface area contributed by atoms with Crippen LogP contribution in [0.15, 0.2) is 12.2 Å². The van der Waals surface area contributed by atoms with E-state index in [0.717, 1.165) is 31.1 Å². The van der Waals surface area contributed by atoms with Gasteiger partial charge in [0.25, 0.3) is 0 Å². The number of likely N-dealkylation sites (N-methyl/N-ethyl adjacent to an activating group) is 1. The molecule has 2 heteroatoms. The Morgan fingerprint density at radius 1 is 1.35 bits per heavy atom. The van der Waals surface area contributed by atoms with E-state index >= 15 is 0 Å². The van der Waals surface area contributed by atoms with E-state index in [4.69, 9.17) is 0 Å². The molecule has 1 heterocycles. The second-order valence-electron chi connectivity index (χ2n) is 6.04. The summed E-state index contributed by atoms with van der Waals surface area (Å²) in [6, 6.07) is 1.56. The SMILES string of the molecule is C=C(C)CN(CC)CC1CC2CCCCC2N1. The Hall–Kier alpha value is -0.340. The molecule has 1 aliphatic heterocycles. The van der Waals surface area contributed by atoms with Crippen molar-refractivity contribution in [3.63, 3.8) is 0 Å². The average molecular weight is 236 g/mol. The summed E-state index contributed by atoms with van der Waals surface area (Å²) >= 11 is 0. The fraction of sp³-hybridized carbons (Fsp3) is 0.867. The fourth-order valence-electron chi connectivity index (χ4n) is 3.57. The van der Waals surface area contributed by atoms with Crippen molar-refractivity contribution in [3.05, 3.63) is 12.2 Å². The van der Waals surface area contributed by atoms with Gasteiger partial charge in [0.15, 0.2) is 0 Å². The Balaban J connectivity index is 1.81. The summed E-state index contributed by atoms with van der Waals surface area (Å²) < 4.78 is 0. The van der Waals surface area contributed by atoms with Crippen molar-refractivity contribution in [1.82, 2.24) is 10.2 Å². The summed E-state index contributed by atoms with van der Waals surface area (Å²) in [5.41, 5.74) is 1.28. The van der Waals surface area contributed by atoms with Crippen LogP contribution in [0.3, 0.4) is 0 Å². The normalized spacial score (nSPS) is 32.8. The zero-order valence-corrected chi connectivity index (χ0v) is 11.5. The highest BCUT2D eigenvalue weighted by atomic mass is 15.2. The van der Waals surface area contributed by atoms with Crippen molar-refractivity contribution in [2.24, 2.45) is 5.92 Å². The smallest absolute Gasteiger partial charge is 0.0201 e. The molecule has 0 aromatic carbocycles. The molecule has 2 fully saturated rings. The maximum absolute atomic E-state index is 4.03. The minimum atomic E-state index is 0.724. The van der Waals surface area contributed by atoms with Crippen LogP contribution >= 0.6 is 0 Å². The van der Waals surface area contributed by atoms with Crippen LogP contribution in [-0.2, 0) is 0 Å². The quantitative estimate of drug-likeness (QED) is 0.738. The number of hydrogen-bond acceptors (Lipinski definition) is 2. The summed E-state index contributed by atoms with van der Waals surface area (Å²) in [7, 11) is 0. The Bertz CT molecular complexity index is 248. The van der Waals surface area contributed by atoms with Gasteiger partial charge in [-0.2, -0.15) is 0 Å². The number of nitrogens with one attached hydrogen (secondary N) is 1. The molecule has 1 N–H and O–H groups in total. The summed E-state index contributed by atoms with van der Waals surface area (Å²) in [5.74, 6) is 0.970. The van der Waals surface area contributed by atoms with Crippen molar-refractivity contribution < 1.29 is 0 Å². The van der Waals surface area contributed by atoms with Gasteiger partial charge in [0.1, 0.15) is 0 Å². The van der Waals surface area contributed by atoms with Gasteiger partial charge in [-0.1, -0.05) is 31.9 Å².